The van der Waals surface area contributed by atoms with Crippen molar-refractivity contribution in [3.8, 4) is 0 Å². The van der Waals surface area contributed by atoms with Crippen molar-refractivity contribution in [3.05, 3.63) is 0 Å². The smallest absolute Gasteiger partial charge is 0.0701 e. The Morgan fingerprint density at radius 2 is 2.16 bits per heavy atom. The van der Waals surface area contributed by atoms with Crippen LogP contribution in [-0.4, -0.2) is 45.9 Å². The SMILES string of the molecule is CCC(C)SCC(O)C1CCOC2(CCSCC2)C1. The summed E-state index contributed by atoms with van der Waals surface area (Å²) in [6.07, 6.45) is 5.52. The van der Waals surface area contributed by atoms with Crippen LogP contribution in [0.1, 0.15) is 46.0 Å². The van der Waals surface area contributed by atoms with Crippen LogP contribution in [0.2, 0.25) is 0 Å². The third-order valence-electron chi connectivity index (χ3n) is 4.61. The van der Waals surface area contributed by atoms with E-state index in [-0.39, 0.29) is 11.7 Å². The maximum atomic E-state index is 10.5. The minimum atomic E-state index is -0.144. The van der Waals surface area contributed by atoms with Crippen LogP contribution < -0.4 is 0 Å². The zero-order valence-electron chi connectivity index (χ0n) is 12.3. The number of hydrogen-bond acceptors (Lipinski definition) is 4. The van der Waals surface area contributed by atoms with Gasteiger partial charge >= 0.3 is 0 Å². The van der Waals surface area contributed by atoms with Crippen LogP contribution in [-0.2, 0) is 4.74 Å². The molecule has 2 aliphatic rings. The fourth-order valence-corrected chi connectivity index (χ4v) is 5.27. The molecule has 0 aromatic rings. The lowest BCUT2D eigenvalue weighted by molar-refractivity contribution is -0.117. The molecule has 0 aromatic carbocycles. The molecule has 0 radical (unpaired) electrons. The lowest BCUT2D eigenvalue weighted by atomic mass is 9.80. The number of thioether (sulfide) groups is 2. The lowest BCUT2D eigenvalue weighted by Gasteiger charge is -2.44. The van der Waals surface area contributed by atoms with Crippen molar-refractivity contribution in [1.29, 1.82) is 0 Å². The number of hydrogen-bond donors (Lipinski definition) is 1. The molecule has 0 bridgehead atoms. The molecule has 3 atom stereocenters. The second-order valence-corrected chi connectivity index (χ2v) is 8.71. The standard InChI is InChI=1S/C15H28O2S2/c1-3-12(2)19-11-14(16)13-4-7-17-15(10-13)5-8-18-9-6-15/h12-14,16H,3-11H2,1-2H3. The first kappa shape index (κ1) is 16.0. The van der Waals surface area contributed by atoms with Crippen molar-refractivity contribution in [2.45, 2.75) is 62.9 Å². The van der Waals surface area contributed by atoms with E-state index in [4.69, 9.17) is 4.74 Å². The first-order chi connectivity index (χ1) is 9.15. The molecular formula is C15H28O2S2. The summed E-state index contributed by atoms with van der Waals surface area (Å²) < 4.78 is 6.10. The van der Waals surface area contributed by atoms with Crippen LogP contribution in [0.25, 0.3) is 0 Å². The quantitative estimate of drug-likeness (QED) is 0.841. The van der Waals surface area contributed by atoms with Crippen LogP contribution in [0.4, 0.5) is 0 Å². The Labute approximate surface area is 126 Å². The summed E-state index contributed by atoms with van der Waals surface area (Å²) >= 11 is 3.96. The van der Waals surface area contributed by atoms with Gasteiger partial charge in [-0.25, -0.2) is 0 Å². The molecule has 1 N–H and O–H groups in total. The van der Waals surface area contributed by atoms with E-state index in [2.05, 4.69) is 13.8 Å². The molecule has 2 nitrogen and oxygen atoms in total. The van der Waals surface area contributed by atoms with E-state index in [1.807, 2.05) is 23.5 Å². The van der Waals surface area contributed by atoms with Crippen molar-refractivity contribution < 1.29 is 9.84 Å². The van der Waals surface area contributed by atoms with E-state index in [0.29, 0.717) is 11.2 Å². The van der Waals surface area contributed by atoms with Gasteiger partial charge < -0.3 is 9.84 Å². The summed E-state index contributed by atoms with van der Waals surface area (Å²) in [6.45, 7) is 5.31. The van der Waals surface area contributed by atoms with Crippen molar-refractivity contribution in [2.24, 2.45) is 5.92 Å². The number of rotatable bonds is 5. The predicted octanol–water partition coefficient (Wildman–Crippen LogP) is 3.57. The lowest BCUT2D eigenvalue weighted by Crippen LogP contribution is -2.45. The first-order valence-electron chi connectivity index (χ1n) is 7.66. The molecule has 1 spiro atoms. The highest BCUT2D eigenvalue weighted by molar-refractivity contribution is 7.99. The zero-order chi connectivity index (χ0) is 13.7. The molecule has 2 saturated heterocycles. The van der Waals surface area contributed by atoms with Crippen LogP contribution in [0.3, 0.4) is 0 Å². The van der Waals surface area contributed by atoms with Crippen LogP contribution >= 0.6 is 23.5 Å². The topological polar surface area (TPSA) is 29.5 Å². The predicted molar refractivity (Wildman–Crippen MR) is 86.2 cm³/mol. The van der Waals surface area contributed by atoms with Gasteiger partial charge in [0.05, 0.1) is 11.7 Å². The van der Waals surface area contributed by atoms with Gasteiger partial charge in [0.2, 0.25) is 0 Å². The molecule has 4 heteroatoms. The van der Waals surface area contributed by atoms with Gasteiger partial charge in [0.25, 0.3) is 0 Å². The zero-order valence-corrected chi connectivity index (χ0v) is 13.9. The van der Waals surface area contributed by atoms with E-state index in [0.717, 1.165) is 25.2 Å². The van der Waals surface area contributed by atoms with Gasteiger partial charge in [0.1, 0.15) is 0 Å². The Bertz CT molecular complexity index is 261. The summed E-state index contributed by atoms with van der Waals surface area (Å²) in [4.78, 5) is 0. The van der Waals surface area contributed by atoms with E-state index >= 15 is 0 Å². The average molecular weight is 305 g/mol. The molecule has 0 amide bonds. The first-order valence-corrected chi connectivity index (χ1v) is 9.87. The number of aliphatic hydroxyl groups excluding tert-OH is 1. The van der Waals surface area contributed by atoms with Gasteiger partial charge in [0.15, 0.2) is 0 Å². The molecule has 2 heterocycles. The van der Waals surface area contributed by atoms with Crippen molar-refractivity contribution in [1.82, 2.24) is 0 Å². The summed E-state index contributed by atoms with van der Waals surface area (Å²) in [7, 11) is 0. The van der Waals surface area contributed by atoms with Gasteiger partial charge in [-0.2, -0.15) is 23.5 Å². The van der Waals surface area contributed by atoms with Gasteiger partial charge in [-0.15, -0.1) is 0 Å². The second kappa shape index (κ2) is 7.58. The largest absolute Gasteiger partial charge is 0.392 e. The summed E-state index contributed by atoms with van der Waals surface area (Å²) in [5.74, 6) is 3.80. The minimum absolute atomic E-state index is 0.107. The highest BCUT2D eigenvalue weighted by Gasteiger charge is 2.40. The molecule has 0 saturated carbocycles. The van der Waals surface area contributed by atoms with Crippen LogP contribution in [0.5, 0.6) is 0 Å². The third-order valence-corrected chi connectivity index (χ3v) is 7.03. The normalized spacial score (nSPS) is 30.2. The molecule has 19 heavy (non-hydrogen) atoms. The highest BCUT2D eigenvalue weighted by Crippen LogP contribution is 2.41. The fraction of sp³-hybridized carbons (Fsp3) is 1.00. The Morgan fingerprint density at radius 3 is 2.84 bits per heavy atom. The minimum Gasteiger partial charge on any atom is -0.392 e. The number of ether oxygens (including phenoxy) is 1. The van der Waals surface area contributed by atoms with E-state index < -0.39 is 0 Å². The second-order valence-electron chi connectivity index (χ2n) is 6.02. The maximum absolute atomic E-state index is 10.5. The molecular weight excluding hydrogens is 276 g/mol. The molecule has 112 valence electrons. The molecule has 3 unspecified atom stereocenters. The average Bonchev–Trinajstić information content (AvgIpc) is 2.45. The highest BCUT2D eigenvalue weighted by atomic mass is 32.2. The van der Waals surface area contributed by atoms with Gasteiger partial charge in [-0.1, -0.05) is 13.8 Å². The monoisotopic (exact) mass is 304 g/mol. The van der Waals surface area contributed by atoms with E-state index in [1.54, 1.807) is 0 Å². The number of aliphatic hydroxyl groups is 1. The van der Waals surface area contributed by atoms with Crippen LogP contribution in [0.15, 0.2) is 0 Å². The Balaban J connectivity index is 1.82. The summed E-state index contributed by atoms with van der Waals surface area (Å²) in [5, 5.41) is 11.1. The fourth-order valence-electron chi connectivity index (χ4n) is 3.00. The van der Waals surface area contributed by atoms with Crippen LogP contribution in [0, 0.1) is 5.92 Å². The Morgan fingerprint density at radius 1 is 1.42 bits per heavy atom. The van der Waals surface area contributed by atoms with E-state index in [1.165, 1.54) is 30.8 Å². The third kappa shape index (κ3) is 4.55. The Kier molecular flexibility index (Phi) is 6.38. The molecule has 2 aliphatic heterocycles. The molecule has 0 aromatic heterocycles. The van der Waals surface area contributed by atoms with Gasteiger partial charge in [0, 0.05) is 17.6 Å². The summed E-state index contributed by atoms with van der Waals surface area (Å²) in [5.41, 5.74) is 0.107. The van der Waals surface area contributed by atoms with Gasteiger partial charge in [-0.05, 0) is 49.5 Å². The van der Waals surface area contributed by atoms with Crippen molar-refractivity contribution in [2.75, 3.05) is 23.9 Å². The molecule has 2 rings (SSSR count). The van der Waals surface area contributed by atoms with Crippen molar-refractivity contribution >= 4 is 23.5 Å². The van der Waals surface area contributed by atoms with Gasteiger partial charge in [-0.3, -0.25) is 0 Å². The molecule has 0 aliphatic carbocycles. The maximum Gasteiger partial charge on any atom is 0.0701 e. The van der Waals surface area contributed by atoms with Crippen molar-refractivity contribution in [3.63, 3.8) is 0 Å². The van der Waals surface area contributed by atoms with E-state index in [9.17, 15) is 5.11 Å². The Hall–Kier alpha value is 0.620. The summed E-state index contributed by atoms with van der Waals surface area (Å²) in [6, 6.07) is 0. The molecule has 2 fully saturated rings.